The summed E-state index contributed by atoms with van der Waals surface area (Å²) in [4.78, 5) is 26.7. The van der Waals surface area contributed by atoms with Crippen LogP contribution in [0.5, 0.6) is 0 Å². The number of nitrogens with zero attached hydrogens (tertiary/aromatic N) is 2. The molecular formula is C22H28N2O5S. The number of ether oxygens (including phenoxy) is 1. The molecule has 0 bridgehead atoms. The summed E-state index contributed by atoms with van der Waals surface area (Å²) in [5, 5.41) is 0. The summed E-state index contributed by atoms with van der Waals surface area (Å²) in [6.45, 7) is 7.44. The number of benzene rings is 2. The number of carbonyl (C=O) groups excluding carboxylic acids is 2. The Morgan fingerprint density at radius 2 is 1.60 bits per heavy atom. The number of amides is 1. The molecular weight excluding hydrogens is 404 g/mol. The molecule has 0 heterocycles. The molecule has 0 saturated heterocycles. The number of esters is 1. The first-order valence-electron chi connectivity index (χ1n) is 9.86. The van der Waals surface area contributed by atoms with E-state index < -0.39 is 22.6 Å². The van der Waals surface area contributed by atoms with Crippen molar-refractivity contribution >= 4 is 27.6 Å². The first-order valence-corrected chi connectivity index (χ1v) is 11.3. The molecule has 0 spiro atoms. The molecule has 162 valence electrons. The lowest BCUT2D eigenvalue weighted by molar-refractivity contribution is -0.122. The third-order valence-electron chi connectivity index (χ3n) is 4.56. The average molecular weight is 433 g/mol. The van der Waals surface area contributed by atoms with Gasteiger partial charge in [0.05, 0.1) is 10.5 Å². The Morgan fingerprint density at radius 3 is 2.17 bits per heavy atom. The molecule has 0 saturated carbocycles. The van der Waals surface area contributed by atoms with Crippen LogP contribution in [-0.2, 0) is 19.6 Å². The van der Waals surface area contributed by atoms with Crippen molar-refractivity contribution in [3.8, 4) is 0 Å². The number of carbonyl (C=O) groups is 2. The van der Waals surface area contributed by atoms with E-state index in [-0.39, 0.29) is 22.4 Å². The molecule has 0 atom stereocenters. The van der Waals surface area contributed by atoms with E-state index >= 15 is 0 Å². The number of sulfonamides is 1. The summed E-state index contributed by atoms with van der Waals surface area (Å²) >= 11 is 0. The van der Waals surface area contributed by atoms with E-state index in [9.17, 15) is 18.0 Å². The monoisotopic (exact) mass is 432 g/mol. The van der Waals surface area contributed by atoms with Gasteiger partial charge in [0, 0.05) is 24.8 Å². The summed E-state index contributed by atoms with van der Waals surface area (Å²) < 4.78 is 31.8. The van der Waals surface area contributed by atoms with Crippen molar-refractivity contribution in [3.63, 3.8) is 0 Å². The van der Waals surface area contributed by atoms with Gasteiger partial charge in [-0.2, -0.15) is 4.31 Å². The number of rotatable bonds is 9. The smallest absolute Gasteiger partial charge is 0.338 e. The van der Waals surface area contributed by atoms with Crippen LogP contribution in [0.2, 0.25) is 0 Å². The topological polar surface area (TPSA) is 84.0 Å². The van der Waals surface area contributed by atoms with E-state index in [1.807, 2.05) is 32.0 Å². The first-order chi connectivity index (χ1) is 14.2. The van der Waals surface area contributed by atoms with E-state index in [0.717, 1.165) is 0 Å². The standard InChI is InChI=1S/C22H28N2O5S/c1-5-23(6-2)30(27,28)20-14-10-11-18(15-20)22(26)29-16-21(25)24(17(3)4)19-12-8-7-9-13-19/h7-15,17H,5-6,16H2,1-4H3. The van der Waals surface area contributed by atoms with Gasteiger partial charge in [-0.3, -0.25) is 4.79 Å². The molecule has 30 heavy (non-hydrogen) atoms. The van der Waals surface area contributed by atoms with Crippen molar-refractivity contribution in [1.82, 2.24) is 4.31 Å². The van der Waals surface area contributed by atoms with Gasteiger partial charge in [0.2, 0.25) is 10.0 Å². The van der Waals surface area contributed by atoms with Crippen LogP contribution in [-0.4, -0.2) is 50.3 Å². The zero-order chi connectivity index (χ0) is 22.3. The lowest BCUT2D eigenvalue weighted by atomic mass is 10.2. The van der Waals surface area contributed by atoms with Crippen molar-refractivity contribution in [2.75, 3.05) is 24.6 Å². The molecule has 2 aromatic rings. The molecule has 7 nitrogen and oxygen atoms in total. The van der Waals surface area contributed by atoms with E-state index in [1.165, 1.54) is 28.6 Å². The van der Waals surface area contributed by atoms with Gasteiger partial charge in [0.15, 0.2) is 6.61 Å². The molecule has 0 N–H and O–H groups in total. The highest BCUT2D eigenvalue weighted by Gasteiger charge is 2.24. The fraction of sp³-hybridized carbons (Fsp3) is 0.364. The third kappa shape index (κ3) is 5.46. The molecule has 1 amide bonds. The first kappa shape index (κ1) is 23.6. The minimum absolute atomic E-state index is 0.0140. The van der Waals surface area contributed by atoms with E-state index in [2.05, 4.69) is 0 Å². The highest BCUT2D eigenvalue weighted by Crippen LogP contribution is 2.19. The van der Waals surface area contributed by atoms with Crippen molar-refractivity contribution < 1.29 is 22.7 Å². The maximum atomic E-state index is 12.7. The minimum Gasteiger partial charge on any atom is -0.452 e. The van der Waals surface area contributed by atoms with Crippen LogP contribution in [0.3, 0.4) is 0 Å². The highest BCUT2D eigenvalue weighted by atomic mass is 32.2. The van der Waals surface area contributed by atoms with Crippen molar-refractivity contribution in [2.45, 2.75) is 38.6 Å². The predicted molar refractivity (Wildman–Crippen MR) is 116 cm³/mol. The summed E-state index contributed by atoms with van der Waals surface area (Å²) in [5.41, 5.74) is 0.785. The highest BCUT2D eigenvalue weighted by molar-refractivity contribution is 7.89. The van der Waals surface area contributed by atoms with E-state index in [1.54, 1.807) is 30.9 Å². The molecule has 0 unspecified atom stereocenters. The zero-order valence-corrected chi connectivity index (χ0v) is 18.6. The van der Waals surface area contributed by atoms with Crippen LogP contribution in [0.25, 0.3) is 0 Å². The van der Waals surface area contributed by atoms with Crippen LogP contribution in [0.4, 0.5) is 5.69 Å². The SMILES string of the molecule is CCN(CC)S(=O)(=O)c1cccc(C(=O)OCC(=O)N(c2ccccc2)C(C)C)c1. The Morgan fingerprint density at radius 1 is 0.967 bits per heavy atom. The number of anilines is 1. The molecule has 0 fully saturated rings. The average Bonchev–Trinajstić information content (AvgIpc) is 2.73. The molecule has 2 rings (SSSR count). The zero-order valence-electron chi connectivity index (χ0n) is 17.7. The van der Waals surface area contributed by atoms with E-state index in [4.69, 9.17) is 4.74 Å². The molecule has 0 aliphatic rings. The molecule has 0 radical (unpaired) electrons. The van der Waals surface area contributed by atoms with Gasteiger partial charge in [0.1, 0.15) is 0 Å². The summed E-state index contributed by atoms with van der Waals surface area (Å²) in [6, 6.07) is 14.7. The van der Waals surface area contributed by atoms with Gasteiger partial charge in [0.25, 0.3) is 5.91 Å². The Labute approximate surface area is 178 Å². The molecule has 0 aliphatic heterocycles. The summed E-state index contributed by atoms with van der Waals surface area (Å²) in [5.74, 6) is -1.12. The molecule has 0 aliphatic carbocycles. The van der Waals surface area contributed by atoms with Crippen LogP contribution in [0.15, 0.2) is 59.5 Å². The van der Waals surface area contributed by atoms with Gasteiger partial charge in [-0.05, 0) is 44.2 Å². The van der Waals surface area contributed by atoms with E-state index in [0.29, 0.717) is 18.8 Å². The van der Waals surface area contributed by atoms with Gasteiger partial charge in [-0.15, -0.1) is 0 Å². The quantitative estimate of drug-likeness (QED) is 0.568. The Bertz CT molecular complexity index is 970. The van der Waals surface area contributed by atoms with Gasteiger partial charge >= 0.3 is 5.97 Å². The van der Waals surface area contributed by atoms with Gasteiger partial charge < -0.3 is 9.64 Å². The summed E-state index contributed by atoms with van der Waals surface area (Å²) in [7, 11) is -3.70. The maximum absolute atomic E-state index is 12.7. The normalized spacial score (nSPS) is 11.5. The van der Waals surface area contributed by atoms with Crippen LogP contribution >= 0.6 is 0 Å². The van der Waals surface area contributed by atoms with Crippen LogP contribution < -0.4 is 4.90 Å². The third-order valence-corrected chi connectivity index (χ3v) is 6.61. The lowest BCUT2D eigenvalue weighted by Crippen LogP contribution is -2.39. The second-order valence-corrected chi connectivity index (χ2v) is 8.82. The van der Waals surface area contributed by atoms with Crippen LogP contribution in [0, 0.1) is 0 Å². The Balaban J connectivity index is 2.14. The molecule has 0 aromatic heterocycles. The van der Waals surface area contributed by atoms with Gasteiger partial charge in [-0.25, -0.2) is 13.2 Å². The number of para-hydroxylation sites is 1. The Kier molecular flexibility index (Phi) is 8.14. The van der Waals surface area contributed by atoms with Crippen molar-refractivity contribution in [2.24, 2.45) is 0 Å². The Hall–Kier alpha value is -2.71. The van der Waals surface area contributed by atoms with Crippen molar-refractivity contribution in [3.05, 3.63) is 60.2 Å². The lowest BCUT2D eigenvalue weighted by Gasteiger charge is -2.26. The number of hydrogen-bond acceptors (Lipinski definition) is 5. The van der Waals surface area contributed by atoms with Crippen LogP contribution in [0.1, 0.15) is 38.1 Å². The minimum atomic E-state index is -3.70. The molecule has 2 aromatic carbocycles. The summed E-state index contributed by atoms with van der Waals surface area (Å²) in [6.07, 6.45) is 0. The predicted octanol–water partition coefficient (Wildman–Crippen LogP) is 3.32. The largest absolute Gasteiger partial charge is 0.452 e. The second kappa shape index (κ2) is 10.4. The fourth-order valence-electron chi connectivity index (χ4n) is 3.09. The fourth-order valence-corrected chi connectivity index (χ4v) is 4.60. The maximum Gasteiger partial charge on any atom is 0.338 e. The van der Waals surface area contributed by atoms with Crippen molar-refractivity contribution in [1.29, 1.82) is 0 Å². The number of hydrogen-bond donors (Lipinski definition) is 0. The molecule has 8 heteroatoms. The van der Waals surface area contributed by atoms with Gasteiger partial charge in [-0.1, -0.05) is 38.1 Å². The second-order valence-electron chi connectivity index (χ2n) is 6.89.